The molecular weight excluding hydrogens is 189 g/mol. The van der Waals surface area contributed by atoms with Crippen LogP contribution in [0.4, 0.5) is 13.2 Å². The number of aromatic nitrogens is 2. The van der Waals surface area contributed by atoms with Crippen molar-refractivity contribution in [3.63, 3.8) is 0 Å². The first-order valence-electron chi connectivity index (χ1n) is 3.22. The Morgan fingerprint density at radius 3 is 2.69 bits per heavy atom. The third kappa shape index (κ3) is 2.46. The molecule has 0 bridgehead atoms. The highest BCUT2D eigenvalue weighted by molar-refractivity contribution is 5.85. The second-order valence-electron chi connectivity index (χ2n) is 2.29. The van der Waals surface area contributed by atoms with E-state index in [9.17, 15) is 18.0 Å². The Hall–Kier alpha value is -1.53. The van der Waals surface area contributed by atoms with Crippen molar-refractivity contribution in [1.82, 2.24) is 9.78 Å². The number of rotatable bonds is 2. The summed E-state index contributed by atoms with van der Waals surface area (Å²) in [6.07, 6.45) is -3.45. The molecule has 0 radical (unpaired) electrons. The van der Waals surface area contributed by atoms with Crippen molar-refractivity contribution in [1.29, 1.82) is 0 Å². The van der Waals surface area contributed by atoms with Gasteiger partial charge in [0, 0.05) is 6.20 Å². The lowest BCUT2D eigenvalue weighted by Gasteiger charge is -2.07. The molecule has 1 rings (SSSR count). The van der Waals surface area contributed by atoms with Crippen LogP contribution in [0.3, 0.4) is 0 Å². The molecular formula is C6H5F3N2O2. The van der Waals surface area contributed by atoms with Gasteiger partial charge in [-0.2, -0.15) is 18.3 Å². The summed E-state index contributed by atoms with van der Waals surface area (Å²) in [5.74, 6) is -1.43. The van der Waals surface area contributed by atoms with Crippen molar-refractivity contribution < 1.29 is 23.1 Å². The van der Waals surface area contributed by atoms with Gasteiger partial charge in [0.05, 0.1) is 0 Å². The van der Waals surface area contributed by atoms with Gasteiger partial charge in [0.15, 0.2) is 0 Å². The molecule has 0 atom stereocenters. The highest BCUT2D eigenvalue weighted by Crippen LogP contribution is 2.17. The molecule has 13 heavy (non-hydrogen) atoms. The summed E-state index contributed by atoms with van der Waals surface area (Å²) in [5, 5.41) is 11.7. The molecule has 1 aromatic rings. The fourth-order valence-corrected chi connectivity index (χ4v) is 0.810. The standard InChI is InChI=1S/C6H5F3N2O2/c7-6(8,9)3-11-4(5(12)13)1-2-10-11/h1-2H,3H2,(H,12,13). The summed E-state index contributed by atoms with van der Waals surface area (Å²) in [6, 6.07) is 1.01. The number of hydrogen-bond acceptors (Lipinski definition) is 2. The normalized spacial score (nSPS) is 11.6. The second kappa shape index (κ2) is 3.08. The number of aromatic carboxylic acids is 1. The molecule has 7 heteroatoms. The molecule has 1 N–H and O–H groups in total. The van der Waals surface area contributed by atoms with Gasteiger partial charge in [-0.15, -0.1) is 0 Å². The second-order valence-corrected chi connectivity index (χ2v) is 2.29. The summed E-state index contributed by atoms with van der Waals surface area (Å²) in [7, 11) is 0. The van der Waals surface area contributed by atoms with Gasteiger partial charge in [-0.3, -0.25) is 0 Å². The van der Waals surface area contributed by atoms with Gasteiger partial charge in [0.25, 0.3) is 0 Å². The molecule has 0 aliphatic heterocycles. The van der Waals surface area contributed by atoms with E-state index in [0.717, 1.165) is 12.3 Å². The van der Waals surface area contributed by atoms with Crippen LogP contribution in [-0.2, 0) is 6.54 Å². The SMILES string of the molecule is O=C(O)c1ccnn1CC(F)(F)F. The summed E-state index contributed by atoms with van der Waals surface area (Å²) < 4.78 is 35.8. The summed E-state index contributed by atoms with van der Waals surface area (Å²) in [5.41, 5.74) is -0.475. The van der Waals surface area contributed by atoms with Crippen LogP contribution >= 0.6 is 0 Å². The van der Waals surface area contributed by atoms with E-state index in [1.807, 2.05) is 0 Å². The van der Waals surface area contributed by atoms with E-state index in [0.29, 0.717) is 4.68 Å². The molecule has 0 fully saturated rings. The molecule has 0 aliphatic rings. The van der Waals surface area contributed by atoms with Crippen LogP contribution in [0.1, 0.15) is 10.5 Å². The van der Waals surface area contributed by atoms with Gasteiger partial charge < -0.3 is 5.11 Å². The van der Waals surface area contributed by atoms with Gasteiger partial charge in [-0.25, -0.2) is 9.48 Å². The molecule has 0 saturated carbocycles. The van der Waals surface area contributed by atoms with E-state index in [2.05, 4.69) is 5.10 Å². The lowest BCUT2D eigenvalue weighted by atomic mass is 10.4. The van der Waals surface area contributed by atoms with Crippen LogP contribution in [0.2, 0.25) is 0 Å². The Morgan fingerprint density at radius 1 is 1.62 bits per heavy atom. The van der Waals surface area contributed by atoms with E-state index in [4.69, 9.17) is 5.11 Å². The largest absolute Gasteiger partial charge is 0.477 e. The van der Waals surface area contributed by atoms with Crippen LogP contribution in [0, 0.1) is 0 Å². The van der Waals surface area contributed by atoms with Crippen molar-refractivity contribution in [2.24, 2.45) is 0 Å². The van der Waals surface area contributed by atoms with Crippen molar-refractivity contribution >= 4 is 5.97 Å². The summed E-state index contributed by atoms with van der Waals surface area (Å²) in [6.45, 7) is -1.39. The Kier molecular flexibility index (Phi) is 2.26. The predicted octanol–water partition coefficient (Wildman–Crippen LogP) is 1.14. The summed E-state index contributed by atoms with van der Waals surface area (Å²) in [4.78, 5) is 10.3. The van der Waals surface area contributed by atoms with Gasteiger partial charge in [-0.1, -0.05) is 0 Å². The number of carboxylic acids is 1. The quantitative estimate of drug-likeness (QED) is 0.768. The highest BCUT2D eigenvalue weighted by atomic mass is 19.4. The number of carbonyl (C=O) groups is 1. The number of alkyl halides is 3. The van der Waals surface area contributed by atoms with E-state index in [-0.39, 0.29) is 0 Å². The topological polar surface area (TPSA) is 55.1 Å². The van der Waals surface area contributed by atoms with Crippen LogP contribution < -0.4 is 0 Å². The molecule has 4 nitrogen and oxygen atoms in total. The van der Waals surface area contributed by atoms with E-state index in [1.54, 1.807) is 0 Å². The summed E-state index contributed by atoms with van der Waals surface area (Å²) >= 11 is 0. The van der Waals surface area contributed by atoms with Gasteiger partial charge >= 0.3 is 12.1 Å². The maximum atomic E-state index is 11.8. The van der Waals surface area contributed by atoms with Crippen LogP contribution in [0.5, 0.6) is 0 Å². The molecule has 0 amide bonds. The lowest BCUT2D eigenvalue weighted by molar-refractivity contribution is -0.142. The minimum Gasteiger partial charge on any atom is -0.477 e. The Morgan fingerprint density at radius 2 is 2.23 bits per heavy atom. The first kappa shape index (κ1) is 9.56. The zero-order valence-electron chi connectivity index (χ0n) is 6.25. The molecule has 72 valence electrons. The fraction of sp³-hybridized carbons (Fsp3) is 0.333. The third-order valence-electron chi connectivity index (χ3n) is 1.26. The van der Waals surface area contributed by atoms with E-state index >= 15 is 0 Å². The molecule has 1 aromatic heterocycles. The first-order chi connectivity index (χ1) is 5.90. The Balaban J connectivity index is 2.89. The smallest absolute Gasteiger partial charge is 0.408 e. The fourth-order valence-electron chi connectivity index (χ4n) is 0.810. The minimum atomic E-state index is -4.46. The van der Waals surface area contributed by atoms with Crippen molar-refractivity contribution in [2.75, 3.05) is 0 Å². The number of carboxylic acid groups (broad SMARTS) is 1. The molecule has 0 unspecified atom stereocenters. The van der Waals surface area contributed by atoms with Gasteiger partial charge in [0.2, 0.25) is 0 Å². The average molecular weight is 194 g/mol. The van der Waals surface area contributed by atoms with Crippen LogP contribution in [0.25, 0.3) is 0 Å². The molecule has 1 heterocycles. The van der Waals surface area contributed by atoms with Crippen molar-refractivity contribution in [3.05, 3.63) is 18.0 Å². The van der Waals surface area contributed by atoms with E-state index in [1.165, 1.54) is 0 Å². The van der Waals surface area contributed by atoms with Gasteiger partial charge in [0.1, 0.15) is 12.2 Å². The number of nitrogens with zero attached hydrogens (tertiary/aromatic N) is 2. The maximum absolute atomic E-state index is 11.8. The molecule has 0 aromatic carbocycles. The lowest BCUT2D eigenvalue weighted by Crippen LogP contribution is -2.21. The van der Waals surface area contributed by atoms with Crippen molar-refractivity contribution in [2.45, 2.75) is 12.7 Å². The van der Waals surface area contributed by atoms with Crippen LogP contribution in [0.15, 0.2) is 12.3 Å². The zero-order valence-corrected chi connectivity index (χ0v) is 6.25. The number of halogens is 3. The van der Waals surface area contributed by atoms with Crippen molar-refractivity contribution in [3.8, 4) is 0 Å². The number of hydrogen-bond donors (Lipinski definition) is 1. The molecule has 0 aliphatic carbocycles. The first-order valence-corrected chi connectivity index (χ1v) is 3.22. The minimum absolute atomic E-state index is 0.391. The van der Waals surface area contributed by atoms with E-state index < -0.39 is 24.4 Å². The average Bonchev–Trinajstić information content (AvgIpc) is 2.31. The zero-order chi connectivity index (χ0) is 10.1. The highest BCUT2D eigenvalue weighted by Gasteiger charge is 2.30. The monoisotopic (exact) mass is 194 g/mol. The third-order valence-corrected chi connectivity index (χ3v) is 1.26. The Bertz CT molecular complexity index is 318. The molecule has 0 spiro atoms. The predicted molar refractivity (Wildman–Crippen MR) is 35.2 cm³/mol. The van der Waals surface area contributed by atoms with Gasteiger partial charge in [-0.05, 0) is 6.07 Å². The maximum Gasteiger partial charge on any atom is 0.408 e. The van der Waals surface area contributed by atoms with Crippen LogP contribution in [-0.4, -0.2) is 27.0 Å². The Labute approximate surface area is 70.6 Å². The molecule has 0 saturated heterocycles.